The van der Waals surface area contributed by atoms with Crippen molar-refractivity contribution in [3.8, 4) is 0 Å². The van der Waals surface area contributed by atoms with Crippen molar-refractivity contribution in [2.75, 3.05) is 26.2 Å². The first-order valence-electron chi connectivity index (χ1n) is 7.62. The predicted molar refractivity (Wildman–Crippen MR) is 77.7 cm³/mol. The van der Waals surface area contributed by atoms with Crippen LogP contribution in [0.2, 0.25) is 0 Å². The predicted octanol–water partition coefficient (Wildman–Crippen LogP) is 3.49. The van der Waals surface area contributed by atoms with Gasteiger partial charge in [0.1, 0.15) is 11.6 Å². The minimum Gasteiger partial charge on any atom is -0.314 e. The van der Waals surface area contributed by atoms with E-state index in [1.807, 2.05) is 0 Å². The average Bonchev–Trinajstić information content (AvgIpc) is 2.48. The summed E-state index contributed by atoms with van der Waals surface area (Å²) in [4.78, 5) is 2.28. The molecular formula is C16H24F2N2. The van der Waals surface area contributed by atoms with Crippen LogP contribution < -0.4 is 5.32 Å². The van der Waals surface area contributed by atoms with Crippen LogP contribution in [0.25, 0.3) is 0 Å². The quantitative estimate of drug-likeness (QED) is 0.803. The summed E-state index contributed by atoms with van der Waals surface area (Å²) in [5.41, 5.74) is 0.517. The summed E-state index contributed by atoms with van der Waals surface area (Å²) in [6, 6.07) is 3.81. The first kappa shape index (κ1) is 15.4. The van der Waals surface area contributed by atoms with E-state index in [9.17, 15) is 8.78 Å². The molecule has 1 aliphatic heterocycles. The summed E-state index contributed by atoms with van der Waals surface area (Å²) in [5, 5.41) is 3.30. The van der Waals surface area contributed by atoms with Gasteiger partial charge in [-0.2, -0.15) is 0 Å². The Balaban J connectivity index is 2.17. The largest absolute Gasteiger partial charge is 0.314 e. The molecule has 1 N–H and O–H groups in total. The van der Waals surface area contributed by atoms with Crippen LogP contribution in [0.1, 0.15) is 44.2 Å². The number of unbranched alkanes of at least 4 members (excludes halogenated alkanes) is 2. The molecule has 0 radical (unpaired) electrons. The van der Waals surface area contributed by atoms with Crippen LogP contribution in [0.3, 0.4) is 0 Å². The molecule has 1 aromatic carbocycles. The average molecular weight is 282 g/mol. The number of nitrogens with one attached hydrogen (secondary N) is 1. The third-order valence-corrected chi connectivity index (χ3v) is 3.99. The number of hydrogen-bond donors (Lipinski definition) is 1. The fraction of sp³-hybridized carbons (Fsp3) is 0.625. The van der Waals surface area contributed by atoms with Gasteiger partial charge in [-0.05, 0) is 24.6 Å². The highest BCUT2D eigenvalue weighted by Gasteiger charge is 2.24. The van der Waals surface area contributed by atoms with Crippen LogP contribution in [0.15, 0.2) is 18.2 Å². The van der Waals surface area contributed by atoms with Gasteiger partial charge in [-0.15, -0.1) is 0 Å². The summed E-state index contributed by atoms with van der Waals surface area (Å²) < 4.78 is 27.5. The standard InChI is InChI=1S/C16H24F2N2/c1-2-3-4-5-16(20-10-8-19-9-11-20)14-12-13(17)6-7-15(14)18/h6-7,12,16,19H,2-5,8-11H2,1H3/t16-/m1/s1. The molecule has 1 aromatic rings. The maximum Gasteiger partial charge on any atom is 0.128 e. The van der Waals surface area contributed by atoms with Gasteiger partial charge >= 0.3 is 0 Å². The lowest BCUT2D eigenvalue weighted by atomic mass is 9.97. The molecule has 1 heterocycles. The molecule has 0 saturated carbocycles. The van der Waals surface area contributed by atoms with E-state index in [1.165, 1.54) is 18.2 Å². The van der Waals surface area contributed by atoms with Gasteiger partial charge in [0, 0.05) is 37.8 Å². The number of benzene rings is 1. The highest BCUT2D eigenvalue weighted by atomic mass is 19.1. The van der Waals surface area contributed by atoms with E-state index in [-0.39, 0.29) is 17.7 Å². The van der Waals surface area contributed by atoms with Gasteiger partial charge in [0.2, 0.25) is 0 Å². The summed E-state index contributed by atoms with van der Waals surface area (Å²) in [6.07, 6.45) is 4.23. The molecule has 1 saturated heterocycles. The SMILES string of the molecule is CCCCC[C@H](c1cc(F)ccc1F)N1CCNCC1. The molecule has 1 atom stereocenters. The Morgan fingerprint density at radius 1 is 1.20 bits per heavy atom. The zero-order valence-corrected chi connectivity index (χ0v) is 12.2. The van der Waals surface area contributed by atoms with Gasteiger partial charge < -0.3 is 5.32 Å². The molecule has 4 heteroatoms. The fourth-order valence-electron chi connectivity index (χ4n) is 2.89. The minimum absolute atomic E-state index is 0.000602. The van der Waals surface area contributed by atoms with E-state index in [0.717, 1.165) is 51.9 Å². The van der Waals surface area contributed by atoms with Crippen LogP contribution >= 0.6 is 0 Å². The Morgan fingerprint density at radius 3 is 2.65 bits per heavy atom. The van der Waals surface area contributed by atoms with Crippen LogP contribution in [-0.2, 0) is 0 Å². The maximum atomic E-state index is 14.1. The molecule has 0 bridgehead atoms. The van der Waals surface area contributed by atoms with Crippen molar-refractivity contribution < 1.29 is 8.78 Å². The molecule has 0 spiro atoms. The zero-order valence-electron chi connectivity index (χ0n) is 12.2. The first-order chi connectivity index (χ1) is 9.72. The summed E-state index contributed by atoms with van der Waals surface area (Å²) in [5.74, 6) is -0.636. The lowest BCUT2D eigenvalue weighted by molar-refractivity contribution is 0.159. The van der Waals surface area contributed by atoms with E-state index in [1.54, 1.807) is 0 Å². The number of halogens is 2. The molecule has 112 valence electrons. The molecule has 1 fully saturated rings. The van der Waals surface area contributed by atoms with Crippen molar-refractivity contribution >= 4 is 0 Å². The highest BCUT2D eigenvalue weighted by molar-refractivity contribution is 5.22. The Bertz CT molecular complexity index is 417. The molecule has 0 aliphatic carbocycles. The lowest BCUT2D eigenvalue weighted by Crippen LogP contribution is -2.45. The zero-order chi connectivity index (χ0) is 14.4. The van der Waals surface area contributed by atoms with Gasteiger partial charge in [0.05, 0.1) is 0 Å². The summed E-state index contributed by atoms with van der Waals surface area (Å²) in [6.45, 7) is 5.78. The van der Waals surface area contributed by atoms with E-state index >= 15 is 0 Å². The second-order valence-corrected chi connectivity index (χ2v) is 5.46. The third kappa shape index (κ3) is 4.00. The minimum atomic E-state index is -0.350. The van der Waals surface area contributed by atoms with Crippen LogP contribution in [-0.4, -0.2) is 31.1 Å². The van der Waals surface area contributed by atoms with Crippen molar-refractivity contribution in [3.63, 3.8) is 0 Å². The van der Waals surface area contributed by atoms with Gasteiger partial charge in [-0.1, -0.05) is 26.2 Å². The molecular weight excluding hydrogens is 258 g/mol. The number of nitrogens with zero attached hydrogens (tertiary/aromatic N) is 1. The Kier molecular flexibility index (Phi) is 5.92. The Morgan fingerprint density at radius 2 is 1.95 bits per heavy atom. The van der Waals surface area contributed by atoms with Crippen LogP contribution in [0.4, 0.5) is 8.78 Å². The number of piperazine rings is 1. The second kappa shape index (κ2) is 7.70. The van der Waals surface area contributed by atoms with Crippen molar-refractivity contribution in [3.05, 3.63) is 35.4 Å². The molecule has 1 aliphatic rings. The topological polar surface area (TPSA) is 15.3 Å². The monoisotopic (exact) mass is 282 g/mol. The van der Waals surface area contributed by atoms with E-state index in [2.05, 4.69) is 17.1 Å². The lowest BCUT2D eigenvalue weighted by Gasteiger charge is -2.35. The second-order valence-electron chi connectivity index (χ2n) is 5.46. The highest BCUT2D eigenvalue weighted by Crippen LogP contribution is 2.29. The molecule has 20 heavy (non-hydrogen) atoms. The maximum absolute atomic E-state index is 14.1. The number of hydrogen-bond acceptors (Lipinski definition) is 2. The fourth-order valence-corrected chi connectivity index (χ4v) is 2.89. The van der Waals surface area contributed by atoms with Gasteiger partial charge in [-0.3, -0.25) is 4.90 Å². The van der Waals surface area contributed by atoms with Gasteiger partial charge in [-0.25, -0.2) is 8.78 Å². The van der Waals surface area contributed by atoms with Crippen molar-refractivity contribution in [2.45, 2.75) is 38.6 Å². The van der Waals surface area contributed by atoms with Gasteiger partial charge in [0.15, 0.2) is 0 Å². The van der Waals surface area contributed by atoms with Crippen LogP contribution in [0.5, 0.6) is 0 Å². The molecule has 2 rings (SSSR count). The normalized spacial score (nSPS) is 18.1. The summed E-state index contributed by atoms with van der Waals surface area (Å²) >= 11 is 0. The van der Waals surface area contributed by atoms with Crippen molar-refractivity contribution in [2.24, 2.45) is 0 Å². The summed E-state index contributed by atoms with van der Waals surface area (Å²) in [7, 11) is 0. The van der Waals surface area contributed by atoms with Gasteiger partial charge in [0.25, 0.3) is 0 Å². The van der Waals surface area contributed by atoms with Crippen molar-refractivity contribution in [1.82, 2.24) is 10.2 Å². The van der Waals surface area contributed by atoms with Crippen molar-refractivity contribution in [1.29, 1.82) is 0 Å². The van der Waals surface area contributed by atoms with E-state index in [0.29, 0.717) is 5.56 Å². The molecule has 2 nitrogen and oxygen atoms in total. The van der Waals surface area contributed by atoms with E-state index in [4.69, 9.17) is 0 Å². The first-order valence-corrected chi connectivity index (χ1v) is 7.62. The van der Waals surface area contributed by atoms with Crippen LogP contribution in [0, 0.1) is 11.6 Å². The Labute approximate surface area is 120 Å². The molecule has 0 aromatic heterocycles. The molecule has 0 unspecified atom stereocenters. The van der Waals surface area contributed by atoms with E-state index < -0.39 is 0 Å². The third-order valence-electron chi connectivity index (χ3n) is 3.99. The smallest absolute Gasteiger partial charge is 0.128 e. The number of rotatable bonds is 6. The molecule has 0 amide bonds. The Hall–Kier alpha value is -1.00.